The number of nitrogens with one attached hydrogen (secondary N) is 1. The van der Waals surface area contributed by atoms with Gasteiger partial charge < -0.3 is 10.2 Å². The molecule has 28 heavy (non-hydrogen) atoms. The number of hydrogen-bond donors (Lipinski definition) is 1. The molecule has 2 aliphatic carbocycles. The van der Waals surface area contributed by atoms with Gasteiger partial charge in [0, 0.05) is 38.3 Å². The third-order valence-electron chi connectivity index (χ3n) is 6.75. The molecule has 3 aliphatic rings. The highest BCUT2D eigenvalue weighted by molar-refractivity contribution is 5.95. The molecule has 5 heteroatoms. The molecule has 152 valence electrons. The zero-order valence-electron chi connectivity index (χ0n) is 17.0. The molecule has 1 heterocycles. The molecule has 2 amide bonds. The van der Waals surface area contributed by atoms with E-state index >= 15 is 0 Å². The van der Waals surface area contributed by atoms with Gasteiger partial charge in [-0.15, -0.1) is 0 Å². The summed E-state index contributed by atoms with van der Waals surface area (Å²) in [6.45, 7) is 5.81. The van der Waals surface area contributed by atoms with Crippen molar-refractivity contribution in [2.45, 2.75) is 51.5 Å². The number of piperazine rings is 1. The number of carbonyl (C=O) groups excluding carboxylic acids is 2. The molecule has 1 aromatic carbocycles. The SMILES string of the molecule is Cc1ccccc1C(=O)N1CCN(C(C(=O)NCC2CC2)C2CCCC2)CC1. The first kappa shape index (κ1) is 19.4. The van der Waals surface area contributed by atoms with Crippen molar-refractivity contribution in [1.29, 1.82) is 0 Å². The van der Waals surface area contributed by atoms with Crippen LogP contribution < -0.4 is 5.32 Å². The van der Waals surface area contributed by atoms with E-state index in [1.165, 1.54) is 25.7 Å². The van der Waals surface area contributed by atoms with Gasteiger partial charge in [0.25, 0.3) is 5.91 Å². The Balaban J connectivity index is 1.38. The van der Waals surface area contributed by atoms with Crippen LogP contribution in [0.3, 0.4) is 0 Å². The molecule has 1 N–H and O–H groups in total. The van der Waals surface area contributed by atoms with Crippen molar-refractivity contribution in [3.63, 3.8) is 0 Å². The number of amides is 2. The van der Waals surface area contributed by atoms with Crippen LogP contribution in [0.1, 0.15) is 54.4 Å². The summed E-state index contributed by atoms with van der Waals surface area (Å²) >= 11 is 0. The Hall–Kier alpha value is -1.88. The smallest absolute Gasteiger partial charge is 0.254 e. The molecule has 1 aromatic rings. The van der Waals surface area contributed by atoms with E-state index in [1.807, 2.05) is 36.1 Å². The van der Waals surface area contributed by atoms with Gasteiger partial charge in [0.15, 0.2) is 0 Å². The van der Waals surface area contributed by atoms with Crippen molar-refractivity contribution >= 4 is 11.8 Å². The Morgan fingerprint density at radius 2 is 1.71 bits per heavy atom. The molecule has 0 bridgehead atoms. The molecule has 5 nitrogen and oxygen atoms in total. The van der Waals surface area contributed by atoms with E-state index in [2.05, 4.69) is 10.2 Å². The van der Waals surface area contributed by atoms with Crippen LogP contribution in [0, 0.1) is 18.8 Å². The third kappa shape index (κ3) is 4.40. The summed E-state index contributed by atoms with van der Waals surface area (Å²) in [5, 5.41) is 3.23. The summed E-state index contributed by atoms with van der Waals surface area (Å²) in [6, 6.07) is 7.78. The lowest BCUT2D eigenvalue weighted by molar-refractivity contribution is -0.129. The zero-order valence-corrected chi connectivity index (χ0v) is 17.0. The normalized spacial score (nSPS) is 22.2. The highest BCUT2D eigenvalue weighted by atomic mass is 16.2. The number of benzene rings is 1. The van der Waals surface area contributed by atoms with Gasteiger partial charge in [-0.3, -0.25) is 14.5 Å². The second kappa shape index (κ2) is 8.64. The number of aryl methyl sites for hydroxylation is 1. The molecular weight excluding hydrogens is 350 g/mol. The molecule has 1 saturated heterocycles. The monoisotopic (exact) mass is 383 g/mol. The van der Waals surface area contributed by atoms with E-state index in [0.29, 0.717) is 24.9 Å². The highest BCUT2D eigenvalue weighted by Crippen LogP contribution is 2.32. The first-order chi connectivity index (χ1) is 13.6. The Bertz CT molecular complexity index is 702. The van der Waals surface area contributed by atoms with Crippen LogP contribution in [0.5, 0.6) is 0 Å². The summed E-state index contributed by atoms with van der Waals surface area (Å²) < 4.78 is 0. The second-order valence-electron chi connectivity index (χ2n) is 8.82. The Kier molecular flexibility index (Phi) is 6.00. The molecule has 3 fully saturated rings. The lowest BCUT2D eigenvalue weighted by atomic mass is 9.94. The van der Waals surface area contributed by atoms with E-state index in [9.17, 15) is 9.59 Å². The maximum atomic E-state index is 13.0. The molecular formula is C23H33N3O2. The van der Waals surface area contributed by atoms with Crippen molar-refractivity contribution in [3.8, 4) is 0 Å². The van der Waals surface area contributed by atoms with E-state index in [-0.39, 0.29) is 17.9 Å². The van der Waals surface area contributed by atoms with Crippen molar-refractivity contribution in [3.05, 3.63) is 35.4 Å². The lowest BCUT2D eigenvalue weighted by Gasteiger charge is -2.41. The van der Waals surface area contributed by atoms with Crippen molar-refractivity contribution in [2.24, 2.45) is 11.8 Å². The fraction of sp³-hybridized carbons (Fsp3) is 0.652. The van der Waals surface area contributed by atoms with Gasteiger partial charge in [-0.25, -0.2) is 0 Å². The van der Waals surface area contributed by atoms with E-state index in [0.717, 1.165) is 43.6 Å². The van der Waals surface area contributed by atoms with Crippen LogP contribution in [-0.2, 0) is 4.79 Å². The van der Waals surface area contributed by atoms with Gasteiger partial charge in [-0.1, -0.05) is 31.0 Å². The molecule has 1 unspecified atom stereocenters. The minimum Gasteiger partial charge on any atom is -0.354 e. The maximum absolute atomic E-state index is 13.0. The Labute approximate surface area is 168 Å². The predicted molar refractivity (Wildman–Crippen MR) is 110 cm³/mol. The Morgan fingerprint density at radius 1 is 1.04 bits per heavy atom. The zero-order chi connectivity index (χ0) is 19.5. The number of carbonyl (C=O) groups is 2. The second-order valence-corrected chi connectivity index (χ2v) is 8.82. The maximum Gasteiger partial charge on any atom is 0.254 e. The minimum absolute atomic E-state index is 0.0167. The largest absolute Gasteiger partial charge is 0.354 e. The third-order valence-corrected chi connectivity index (χ3v) is 6.75. The average Bonchev–Trinajstić information content (AvgIpc) is 3.40. The van der Waals surface area contributed by atoms with Crippen LogP contribution in [0.4, 0.5) is 0 Å². The fourth-order valence-electron chi connectivity index (χ4n) is 4.81. The lowest BCUT2D eigenvalue weighted by Crippen LogP contribution is -2.58. The number of nitrogens with zero attached hydrogens (tertiary/aromatic N) is 2. The molecule has 0 spiro atoms. The van der Waals surface area contributed by atoms with E-state index in [1.54, 1.807) is 0 Å². The summed E-state index contributed by atoms with van der Waals surface area (Å²) in [5.41, 5.74) is 1.82. The van der Waals surface area contributed by atoms with Crippen LogP contribution in [0.25, 0.3) is 0 Å². The summed E-state index contributed by atoms with van der Waals surface area (Å²) in [7, 11) is 0. The Morgan fingerprint density at radius 3 is 2.36 bits per heavy atom. The van der Waals surface area contributed by atoms with Crippen molar-refractivity contribution in [1.82, 2.24) is 15.1 Å². The molecule has 1 aliphatic heterocycles. The summed E-state index contributed by atoms with van der Waals surface area (Å²) in [6.07, 6.45) is 7.31. The van der Waals surface area contributed by atoms with E-state index < -0.39 is 0 Å². The topological polar surface area (TPSA) is 52.7 Å². The summed E-state index contributed by atoms with van der Waals surface area (Å²) in [4.78, 5) is 30.2. The van der Waals surface area contributed by atoms with Gasteiger partial charge in [-0.2, -0.15) is 0 Å². The minimum atomic E-state index is -0.0167. The van der Waals surface area contributed by atoms with Crippen molar-refractivity contribution < 1.29 is 9.59 Å². The molecule has 0 radical (unpaired) electrons. The molecule has 1 atom stereocenters. The number of rotatable bonds is 6. The summed E-state index contributed by atoms with van der Waals surface area (Å²) in [5.74, 6) is 1.51. The molecule has 0 aromatic heterocycles. The fourth-order valence-corrected chi connectivity index (χ4v) is 4.81. The highest BCUT2D eigenvalue weighted by Gasteiger charge is 2.38. The first-order valence-corrected chi connectivity index (χ1v) is 11.0. The molecule has 2 saturated carbocycles. The van der Waals surface area contributed by atoms with Crippen LogP contribution in [0.15, 0.2) is 24.3 Å². The van der Waals surface area contributed by atoms with Gasteiger partial charge in [-0.05, 0) is 56.1 Å². The average molecular weight is 384 g/mol. The standard InChI is InChI=1S/C23H33N3O2/c1-17-6-2-5-9-20(17)23(28)26-14-12-25(13-15-26)21(19-7-3-4-8-19)22(27)24-16-18-10-11-18/h2,5-6,9,18-19,21H,3-4,7-8,10-16H2,1H3,(H,24,27). The van der Waals surface area contributed by atoms with Gasteiger partial charge in [0.1, 0.15) is 0 Å². The van der Waals surface area contributed by atoms with Gasteiger partial charge in [0.05, 0.1) is 6.04 Å². The molecule has 4 rings (SSSR count). The van der Waals surface area contributed by atoms with Gasteiger partial charge in [0.2, 0.25) is 5.91 Å². The number of hydrogen-bond acceptors (Lipinski definition) is 3. The van der Waals surface area contributed by atoms with Crippen LogP contribution >= 0.6 is 0 Å². The van der Waals surface area contributed by atoms with Crippen molar-refractivity contribution in [2.75, 3.05) is 32.7 Å². The van der Waals surface area contributed by atoms with Crippen LogP contribution in [-0.4, -0.2) is 60.4 Å². The predicted octanol–water partition coefficient (Wildman–Crippen LogP) is 2.84. The van der Waals surface area contributed by atoms with Crippen LogP contribution in [0.2, 0.25) is 0 Å². The van der Waals surface area contributed by atoms with E-state index in [4.69, 9.17) is 0 Å². The quantitative estimate of drug-likeness (QED) is 0.822. The van der Waals surface area contributed by atoms with Gasteiger partial charge >= 0.3 is 0 Å². The first-order valence-electron chi connectivity index (χ1n) is 11.0.